The Bertz CT molecular complexity index is 55.8. The van der Waals surface area contributed by atoms with Crippen molar-refractivity contribution in [3.63, 3.8) is 0 Å². The van der Waals surface area contributed by atoms with Crippen molar-refractivity contribution in [2.24, 2.45) is 0 Å². The van der Waals surface area contributed by atoms with Crippen molar-refractivity contribution < 1.29 is 52.8 Å². The van der Waals surface area contributed by atoms with Gasteiger partial charge in [0, 0.05) is 33.6 Å². The van der Waals surface area contributed by atoms with E-state index in [1.165, 1.54) is 0 Å². The predicted octanol–water partition coefficient (Wildman–Crippen LogP) is -0.934. The van der Waals surface area contributed by atoms with E-state index in [4.69, 9.17) is 19.2 Å². The number of hydrogen-bond acceptors (Lipinski definition) is 1. The van der Waals surface area contributed by atoms with Crippen LogP contribution in [0.3, 0.4) is 0 Å². The van der Waals surface area contributed by atoms with E-state index < -0.39 is 7.82 Å². The Kier molecular flexibility index (Phi) is 11.8. The molecule has 0 aliphatic heterocycles. The zero-order valence-electron chi connectivity index (χ0n) is 2.86. The molecule has 0 rings (SSSR count). The summed E-state index contributed by atoms with van der Waals surface area (Å²) in [5.74, 6) is 0. The van der Waals surface area contributed by atoms with Crippen LogP contribution in [-0.4, -0.2) is 14.7 Å². The standard InChI is InChI=1S/2Co.H3O4P/c;;1-5(2,3)4/h;;(H3,1,2,3,4). The van der Waals surface area contributed by atoms with Gasteiger partial charge < -0.3 is 14.7 Å². The van der Waals surface area contributed by atoms with Crippen LogP contribution in [0.5, 0.6) is 0 Å². The first-order valence-electron chi connectivity index (χ1n) is 0.783. The second kappa shape index (κ2) is 5.26. The molecule has 0 spiro atoms. The number of phosphoric acid groups is 1. The zero-order valence-corrected chi connectivity index (χ0v) is 5.84. The summed E-state index contributed by atoms with van der Waals surface area (Å²) in [4.78, 5) is 21.6. The van der Waals surface area contributed by atoms with Crippen molar-refractivity contribution in [3.8, 4) is 0 Å². The van der Waals surface area contributed by atoms with Crippen molar-refractivity contribution >= 4 is 7.82 Å². The summed E-state index contributed by atoms with van der Waals surface area (Å²) in [5, 5.41) is 0. The van der Waals surface area contributed by atoms with Crippen LogP contribution in [0.25, 0.3) is 0 Å². The van der Waals surface area contributed by atoms with Crippen molar-refractivity contribution in [1.29, 1.82) is 0 Å². The summed E-state index contributed by atoms with van der Waals surface area (Å²) < 4.78 is 8.88. The van der Waals surface area contributed by atoms with Gasteiger partial charge in [0.1, 0.15) is 0 Å². The maximum atomic E-state index is 8.88. The zero-order chi connectivity index (χ0) is 4.50. The molecular formula is H3Co2O4P. The minimum Gasteiger partial charge on any atom is -0.303 e. The minimum absolute atomic E-state index is 0. The van der Waals surface area contributed by atoms with Crippen molar-refractivity contribution in [3.05, 3.63) is 0 Å². The SMILES string of the molecule is O=P(O)(O)O.[Co].[Co]. The van der Waals surface area contributed by atoms with Gasteiger partial charge in [0.15, 0.2) is 0 Å². The Hall–Kier alpha value is 1.12. The molecular weight excluding hydrogens is 213 g/mol. The number of hydrogen-bond donors (Lipinski definition) is 3. The van der Waals surface area contributed by atoms with E-state index in [0.29, 0.717) is 0 Å². The first-order chi connectivity index (χ1) is 2.00. The van der Waals surface area contributed by atoms with Gasteiger partial charge in [0.05, 0.1) is 0 Å². The molecule has 0 atom stereocenters. The second-order valence-corrected chi connectivity index (χ2v) is 1.54. The van der Waals surface area contributed by atoms with Crippen LogP contribution >= 0.6 is 7.82 Å². The Morgan fingerprint density at radius 3 is 1.00 bits per heavy atom. The Balaban J connectivity index is -0.0000000800. The molecule has 0 aromatic rings. The topological polar surface area (TPSA) is 77.8 Å². The molecule has 0 unspecified atom stereocenters. The molecule has 7 heavy (non-hydrogen) atoms. The maximum absolute atomic E-state index is 8.88. The first kappa shape index (κ1) is 15.7. The average Bonchev–Trinajstić information content (AvgIpc) is 0.722. The Morgan fingerprint density at radius 2 is 1.00 bits per heavy atom. The molecule has 0 aromatic heterocycles. The van der Waals surface area contributed by atoms with Crippen LogP contribution in [0, 0.1) is 0 Å². The molecule has 4 nitrogen and oxygen atoms in total. The van der Waals surface area contributed by atoms with Crippen LogP contribution in [0.15, 0.2) is 0 Å². The molecule has 50 valence electrons. The quantitative estimate of drug-likeness (QED) is 0.457. The largest absolute Gasteiger partial charge is 0.466 e. The molecule has 2 radical (unpaired) electrons. The van der Waals surface area contributed by atoms with E-state index >= 15 is 0 Å². The normalized spacial score (nSPS) is 8.43. The summed E-state index contributed by atoms with van der Waals surface area (Å²) in [6.45, 7) is 0. The van der Waals surface area contributed by atoms with E-state index in [9.17, 15) is 0 Å². The Labute approximate surface area is 60.9 Å². The molecule has 0 bridgehead atoms. The van der Waals surface area contributed by atoms with E-state index in [2.05, 4.69) is 0 Å². The van der Waals surface area contributed by atoms with Gasteiger partial charge in [-0.15, -0.1) is 0 Å². The summed E-state index contributed by atoms with van der Waals surface area (Å²) in [6, 6.07) is 0. The first-order valence-corrected chi connectivity index (χ1v) is 2.35. The van der Waals surface area contributed by atoms with E-state index in [1.54, 1.807) is 0 Å². The summed E-state index contributed by atoms with van der Waals surface area (Å²) in [5.41, 5.74) is 0. The molecule has 0 heterocycles. The molecule has 0 amide bonds. The van der Waals surface area contributed by atoms with Crippen LogP contribution in [-0.2, 0) is 38.1 Å². The summed E-state index contributed by atoms with van der Waals surface area (Å²) in [6.07, 6.45) is 0. The van der Waals surface area contributed by atoms with Gasteiger partial charge in [0.25, 0.3) is 0 Å². The fraction of sp³-hybridized carbons (Fsp3) is 0. The molecule has 0 aliphatic carbocycles. The third-order valence-corrected chi connectivity index (χ3v) is 0. The van der Waals surface area contributed by atoms with Gasteiger partial charge in [-0.1, -0.05) is 0 Å². The Morgan fingerprint density at radius 1 is 1.00 bits per heavy atom. The molecule has 0 saturated heterocycles. The molecule has 0 fully saturated rings. The molecule has 7 heteroatoms. The summed E-state index contributed by atoms with van der Waals surface area (Å²) in [7, 11) is -4.64. The van der Waals surface area contributed by atoms with Gasteiger partial charge in [-0.2, -0.15) is 0 Å². The fourth-order valence-corrected chi connectivity index (χ4v) is 0. The van der Waals surface area contributed by atoms with Crippen LogP contribution in [0.1, 0.15) is 0 Å². The third-order valence-electron chi connectivity index (χ3n) is 0. The van der Waals surface area contributed by atoms with Gasteiger partial charge in [-0.05, 0) is 0 Å². The molecule has 3 N–H and O–H groups in total. The van der Waals surface area contributed by atoms with Crippen LogP contribution < -0.4 is 0 Å². The average molecular weight is 216 g/mol. The third kappa shape index (κ3) is 148. The van der Waals surface area contributed by atoms with E-state index in [-0.39, 0.29) is 33.6 Å². The fourth-order valence-electron chi connectivity index (χ4n) is 0. The van der Waals surface area contributed by atoms with Crippen LogP contribution in [0.4, 0.5) is 0 Å². The van der Waals surface area contributed by atoms with Crippen molar-refractivity contribution in [2.75, 3.05) is 0 Å². The monoisotopic (exact) mass is 216 g/mol. The smallest absolute Gasteiger partial charge is 0.303 e. The minimum atomic E-state index is -4.64. The van der Waals surface area contributed by atoms with Gasteiger partial charge in [-0.3, -0.25) is 0 Å². The predicted molar refractivity (Wildman–Crippen MR) is 14.3 cm³/mol. The molecule has 0 aliphatic rings. The van der Waals surface area contributed by atoms with Gasteiger partial charge >= 0.3 is 7.82 Å². The van der Waals surface area contributed by atoms with Crippen LogP contribution in [0.2, 0.25) is 0 Å². The van der Waals surface area contributed by atoms with Gasteiger partial charge in [-0.25, -0.2) is 4.57 Å². The maximum Gasteiger partial charge on any atom is 0.466 e. The summed E-state index contributed by atoms with van der Waals surface area (Å²) >= 11 is 0. The molecule has 0 aromatic carbocycles. The van der Waals surface area contributed by atoms with Crippen molar-refractivity contribution in [2.45, 2.75) is 0 Å². The molecule has 0 saturated carbocycles. The van der Waals surface area contributed by atoms with Gasteiger partial charge in [0.2, 0.25) is 0 Å². The number of rotatable bonds is 0. The second-order valence-electron chi connectivity index (χ2n) is 0.513. The van der Waals surface area contributed by atoms with Crippen molar-refractivity contribution in [1.82, 2.24) is 0 Å². The van der Waals surface area contributed by atoms with E-state index in [1.807, 2.05) is 0 Å². The van der Waals surface area contributed by atoms with E-state index in [0.717, 1.165) is 0 Å².